The summed E-state index contributed by atoms with van der Waals surface area (Å²) in [6, 6.07) is 7.65. The summed E-state index contributed by atoms with van der Waals surface area (Å²) in [6.07, 6.45) is 1.41. The summed E-state index contributed by atoms with van der Waals surface area (Å²) in [5.41, 5.74) is 0.281. The molecule has 108 valence electrons. The number of rotatable bonds is 4. The summed E-state index contributed by atoms with van der Waals surface area (Å²) >= 11 is 3.28. The van der Waals surface area contributed by atoms with Crippen molar-refractivity contribution in [3.63, 3.8) is 0 Å². The van der Waals surface area contributed by atoms with E-state index >= 15 is 0 Å². The highest BCUT2D eigenvalue weighted by Gasteiger charge is 2.15. The number of carbonyl (C=O) groups excluding carboxylic acids is 1. The first-order valence-corrected chi connectivity index (χ1v) is 6.65. The van der Waals surface area contributed by atoms with E-state index in [1.165, 1.54) is 25.4 Å². The van der Waals surface area contributed by atoms with Gasteiger partial charge >= 0.3 is 5.97 Å². The van der Waals surface area contributed by atoms with Crippen LogP contribution in [0.4, 0.5) is 5.82 Å². The summed E-state index contributed by atoms with van der Waals surface area (Å²) in [7, 11) is 1.52. The number of hydrogen-bond donors (Lipinski definition) is 2. The van der Waals surface area contributed by atoms with Crippen molar-refractivity contribution in [2.45, 2.75) is 0 Å². The molecule has 0 saturated carbocycles. The van der Waals surface area contributed by atoms with Gasteiger partial charge in [-0.3, -0.25) is 4.79 Å². The van der Waals surface area contributed by atoms with Crippen molar-refractivity contribution in [2.24, 2.45) is 0 Å². The van der Waals surface area contributed by atoms with Crippen LogP contribution in [0.1, 0.15) is 20.7 Å². The zero-order chi connectivity index (χ0) is 15.4. The van der Waals surface area contributed by atoms with Gasteiger partial charge in [0, 0.05) is 11.8 Å². The Morgan fingerprint density at radius 1 is 1.33 bits per heavy atom. The Hall–Kier alpha value is -2.41. The first-order chi connectivity index (χ1) is 10.0. The third-order valence-corrected chi connectivity index (χ3v) is 3.30. The van der Waals surface area contributed by atoms with E-state index in [9.17, 15) is 9.59 Å². The molecule has 0 aliphatic carbocycles. The third-order valence-electron chi connectivity index (χ3n) is 2.68. The lowest BCUT2D eigenvalue weighted by molar-refractivity contribution is 0.0697. The fraction of sp³-hybridized carbons (Fsp3) is 0.0714. The number of aromatic nitrogens is 1. The van der Waals surface area contributed by atoms with E-state index < -0.39 is 11.9 Å². The zero-order valence-corrected chi connectivity index (χ0v) is 12.5. The standard InChI is InChI=1S/C14H11BrN2O4/c1-21-11-5-4-8(7-10(11)15)13(18)17-12-9(14(19)20)3-2-6-16-12/h2-7H,1H3,(H,19,20)(H,16,17,18). The molecule has 6 nitrogen and oxygen atoms in total. The van der Waals surface area contributed by atoms with Gasteiger partial charge < -0.3 is 15.2 Å². The quantitative estimate of drug-likeness (QED) is 0.884. The number of anilines is 1. The lowest BCUT2D eigenvalue weighted by Gasteiger charge is -2.08. The molecule has 0 aliphatic heterocycles. The Balaban J connectivity index is 2.26. The van der Waals surface area contributed by atoms with Crippen molar-refractivity contribution in [2.75, 3.05) is 12.4 Å². The third kappa shape index (κ3) is 3.38. The summed E-state index contributed by atoms with van der Waals surface area (Å²) in [4.78, 5) is 27.1. The van der Waals surface area contributed by atoms with Crippen molar-refractivity contribution >= 4 is 33.6 Å². The zero-order valence-electron chi connectivity index (χ0n) is 11.0. The average molecular weight is 351 g/mol. The van der Waals surface area contributed by atoms with Gasteiger partial charge in [-0.1, -0.05) is 0 Å². The van der Waals surface area contributed by atoms with Crippen LogP contribution in [-0.2, 0) is 0 Å². The van der Waals surface area contributed by atoms with Crippen molar-refractivity contribution in [3.05, 3.63) is 52.1 Å². The van der Waals surface area contributed by atoms with E-state index in [1.54, 1.807) is 18.2 Å². The molecule has 0 saturated heterocycles. The number of halogens is 1. The number of amides is 1. The SMILES string of the molecule is COc1ccc(C(=O)Nc2ncccc2C(=O)O)cc1Br. The lowest BCUT2D eigenvalue weighted by Crippen LogP contribution is -2.16. The van der Waals surface area contributed by atoms with Gasteiger partial charge in [-0.25, -0.2) is 9.78 Å². The molecular weight excluding hydrogens is 340 g/mol. The number of pyridine rings is 1. The average Bonchev–Trinajstić information content (AvgIpc) is 2.47. The second kappa shape index (κ2) is 6.36. The first kappa shape index (κ1) is 15.0. The van der Waals surface area contributed by atoms with Crippen molar-refractivity contribution in [1.82, 2.24) is 4.98 Å². The Bertz CT molecular complexity index is 703. The van der Waals surface area contributed by atoms with Crippen molar-refractivity contribution < 1.29 is 19.4 Å². The van der Waals surface area contributed by atoms with Gasteiger partial charge in [0.05, 0.1) is 11.6 Å². The predicted molar refractivity (Wildman–Crippen MR) is 79.8 cm³/mol. The van der Waals surface area contributed by atoms with Gasteiger partial charge in [0.2, 0.25) is 0 Å². The molecule has 1 aromatic heterocycles. The van der Waals surface area contributed by atoms with E-state index in [-0.39, 0.29) is 11.4 Å². The number of ether oxygens (including phenoxy) is 1. The molecule has 7 heteroatoms. The number of hydrogen-bond acceptors (Lipinski definition) is 4. The largest absolute Gasteiger partial charge is 0.496 e. The minimum atomic E-state index is -1.16. The van der Waals surface area contributed by atoms with E-state index in [2.05, 4.69) is 26.2 Å². The molecule has 0 atom stereocenters. The molecule has 2 aromatic rings. The molecule has 0 spiro atoms. The molecule has 2 N–H and O–H groups in total. The van der Waals surface area contributed by atoms with Crippen LogP contribution < -0.4 is 10.1 Å². The molecule has 0 fully saturated rings. The van der Waals surface area contributed by atoms with E-state index in [0.29, 0.717) is 15.8 Å². The summed E-state index contributed by atoms with van der Waals surface area (Å²) in [6.45, 7) is 0. The van der Waals surface area contributed by atoms with Gasteiger partial charge in [-0.15, -0.1) is 0 Å². The van der Waals surface area contributed by atoms with E-state index in [0.717, 1.165) is 0 Å². The van der Waals surface area contributed by atoms with Crippen LogP contribution in [-0.4, -0.2) is 29.1 Å². The minimum absolute atomic E-state index is 0.00180. The minimum Gasteiger partial charge on any atom is -0.496 e. The second-order valence-corrected chi connectivity index (χ2v) is 4.86. The number of nitrogens with zero attached hydrogens (tertiary/aromatic N) is 1. The maximum absolute atomic E-state index is 12.1. The fourth-order valence-electron chi connectivity index (χ4n) is 1.66. The predicted octanol–water partition coefficient (Wildman–Crippen LogP) is 2.80. The molecule has 1 heterocycles. The van der Waals surface area contributed by atoms with Crippen molar-refractivity contribution in [1.29, 1.82) is 0 Å². The molecular formula is C14H11BrN2O4. The van der Waals surface area contributed by atoms with Crippen molar-refractivity contribution in [3.8, 4) is 5.75 Å². The molecule has 0 unspecified atom stereocenters. The molecule has 1 aromatic carbocycles. The smallest absolute Gasteiger partial charge is 0.339 e. The van der Waals surface area contributed by atoms with Crippen LogP contribution in [0.25, 0.3) is 0 Å². The van der Waals surface area contributed by atoms with Gasteiger partial charge in [0.15, 0.2) is 0 Å². The topological polar surface area (TPSA) is 88.5 Å². The first-order valence-electron chi connectivity index (χ1n) is 5.86. The summed E-state index contributed by atoms with van der Waals surface area (Å²) < 4.78 is 5.70. The monoisotopic (exact) mass is 350 g/mol. The Kier molecular flexibility index (Phi) is 4.54. The number of aromatic carboxylic acids is 1. The van der Waals surface area contributed by atoms with Crippen LogP contribution in [0.15, 0.2) is 41.0 Å². The van der Waals surface area contributed by atoms with Crippen LogP contribution >= 0.6 is 15.9 Å². The van der Waals surface area contributed by atoms with E-state index in [4.69, 9.17) is 9.84 Å². The van der Waals surface area contributed by atoms with Gasteiger partial charge in [-0.2, -0.15) is 0 Å². The second-order valence-electron chi connectivity index (χ2n) is 4.01. The number of carbonyl (C=O) groups is 2. The highest BCUT2D eigenvalue weighted by Crippen LogP contribution is 2.26. The van der Waals surface area contributed by atoms with Crippen LogP contribution in [0.5, 0.6) is 5.75 Å². The van der Waals surface area contributed by atoms with Crippen LogP contribution in [0.2, 0.25) is 0 Å². The van der Waals surface area contributed by atoms with Gasteiger partial charge in [0.1, 0.15) is 17.1 Å². The Labute approximate surface area is 128 Å². The van der Waals surface area contributed by atoms with Crippen LogP contribution in [0.3, 0.4) is 0 Å². The molecule has 0 aliphatic rings. The number of nitrogens with one attached hydrogen (secondary N) is 1. The highest BCUT2D eigenvalue weighted by molar-refractivity contribution is 9.10. The van der Waals surface area contributed by atoms with E-state index in [1.807, 2.05) is 0 Å². The molecule has 21 heavy (non-hydrogen) atoms. The maximum Gasteiger partial charge on any atom is 0.339 e. The molecule has 1 amide bonds. The van der Waals surface area contributed by atoms with Crippen LogP contribution in [0, 0.1) is 0 Å². The summed E-state index contributed by atoms with van der Waals surface area (Å²) in [5.74, 6) is -1.02. The van der Waals surface area contributed by atoms with Gasteiger partial charge in [-0.05, 0) is 46.3 Å². The maximum atomic E-state index is 12.1. The fourth-order valence-corrected chi connectivity index (χ4v) is 2.21. The Morgan fingerprint density at radius 2 is 2.10 bits per heavy atom. The lowest BCUT2D eigenvalue weighted by atomic mass is 10.2. The molecule has 2 rings (SSSR count). The number of methoxy groups -OCH3 is 1. The number of carboxylic acid groups (broad SMARTS) is 1. The number of carboxylic acids is 1. The number of benzene rings is 1. The summed E-state index contributed by atoms with van der Waals surface area (Å²) in [5, 5.41) is 11.5. The normalized spacial score (nSPS) is 10.0. The molecule has 0 radical (unpaired) electrons. The molecule has 0 bridgehead atoms. The Morgan fingerprint density at radius 3 is 2.71 bits per heavy atom. The highest BCUT2D eigenvalue weighted by atomic mass is 79.9. The van der Waals surface area contributed by atoms with Gasteiger partial charge in [0.25, 0.3) is 5.91 Å².